The highest BCUT2D eigenvalue weighted by atomic mass is 19.1. The van der Waals surface area contributed by atoms with Crippen LogP contribution in [-0.2, 0) is 16.0 Å². The van der Waals surface area contributed by atoms with Gasteiger partial charge in [0.25, 0.3) is 0 Å². The quantitative estimate of drug-likeness (QED) is 0.798. The van der Waals surface area contributed by atoms with Crippen molar-refractivity contribution in [1.29, 1.82) is 0 Å². The molecule has 0 bridgehead atoms. The number of aromatic nitrogens is 1. The molecule has 1 N–H and O–H groups in total. The Bertz CT molecular complexity index is 640. The second kappa shape index (κ2) is 7.70. The number of hydrogen-bond acceptors (Lipinski definition) is 4. The summed E-state index contributed by atoms with van der Waals surface area (Å²) in [5, 5.41) is 2.79. The molecule has 0 saturated carbocycles. The molecule has 0 radical (unpaired) electrons. The van der Waals surface area contributed by atoms with Crippen molar-refractivity contribution in [2.45, 2.75) is 19.8 Å². The van der Waals surface area contributed by atoms with Crippen molar-refractivity contribution in [3.8, 4) is 11.5 Å². The van der Waals surface area contributed by atoms with Crippen LogP contribution >= 0.6 is 0 Å². The van der Waals surface area contributed by atoms with Gasteiger partial charge in [-0.15, -0.1) is 0 Å². The summed E-state index contributed by atoms with van der Waals surface area (Å²) in [6.07, 6.45) is 0.895. The fourth-order valence-electron chi connectivity index (χ4n) is 2.00. The summed E-state index contributed by atoms with van der Waals surface area (Å²) < 4.78 is 23.7. The number of carbonyl (C=O) groups is 1. The molecule has 0 atom stereocenters. The predicted octanol–water partition coefficient (Wildman–Crippen LogP) is 2.48. The van der Waals surface area contributed by atoms with E-state index in [-0.39, 0.29) is 18.1 Å². The lowest BCUT2D eigenvalue weighted by Crippen LogP contribution is -2.27. The Labute approximate surface area is 128 Å². The van der Waals surface area contributed by atoms with Crippen LogP contribution in [0.1, 0.15) is 17.9 Å². The lowest BCUT2D eigenvalue weighted by Gasteiger charge is -2.03. The zero-order valence-corrected chi connectivity index (χ0v) is 12.7. The summed E-state index contributed by atoms with van der Waals surface area (Å²) in [5.41, 5.74) is 1.11. The van der Waals surface area contributed by atoms with Gasteiger partial charge >= 0.3 is 0 Å². The number of carbonyl (C=O) groups excluding carboxylic acids is 1. The number of halogens is 1. The van der Waals surface area contributed by atoms with Crippen molar-refractivity contribution in [2.24, 2.45) is 0 Å². The lowest BCUT2D eigenvalue weighted by molar-refractivity contribution is -0.120. The molecule has 5 nitrogen and oxygen atoms in total. The molecule has 1 amide bonds. The number of nitrogens with one attached hydrogen (secondary N) is 1. The number of hydrogen-bond donors (Lipinski definition) is 1. The van der Waals surface area contributed by atoms with Crippen molar-refractivity contribution in [3.05, 3.63) is 41.5 Å². The zero-order valence-electron chi connectivity index (χ0n) is 12.7. The minimum atomic E-state index is -0.356. The SMILES string of the molecule is COCCCNC(=O)Cc1nc(-c2cccc(F)c2)oc1C. The summed E-state index contributed by atoms with van der Waals surface area (Å²) in [6, 6.07) is 6.00. The molecular formula is C16H19FN2O3. The normalized spacial score (nSPS) is 10.7. The van der Waals surface area contributed by atoms with Gasteiger partial charge in [-0.3, -0.25) is 4.79 Å². The lowest BCUT2D eigenvalue weighted by atomic mass is 10.2. The third-order valence-electron chi connectivity index (χ3n) is 3.14. The van der Waals surface area contributed by atoms with Gasteiger partial charge in [-0.2, -0.15) is 0 Å². The van der Waals surface area contributed by atoms with Gasteiger partial charge in [0.1, 0.15) is 11.6 Å². The van der Waals surface area contributed by atoms with Crippen LogP contribution in [0.3, 0.4) is 0 Å². The largest absolute Gasteiger partial charge is 0.441 e. The number of nitrogens with zero attached hydrogens (tertiary/aromatic N) is 1. The summed E-state index contributed by atoms with van der Waals surface area (Å²) in [5.74, 6) is 0.398. The average molecular weight is 306 g/mol. The Hall–Kier alpha value is -2.21. The smallest absolute Gasteiger partial charge is 0.226 e. The molecule has 2 aromatic rings. The molecule has 1 aromatic heterocycles. The van der Waals surface area contributed by atoms with Crippen LogP contribution in [0.4, 0.5) is 4.39 Å². The van der Waals surface area contributed by atoms with Crippen molar-refractivity contribution in [3.63, 3.8) is 0 Å². The van der Waals surface area contributed by atoms with Crippen molar-refractivity contribution >= 4 is 5.91 Å². The van der Waals surface area contributed by atoms with Crippen LogP contribution in [0.5, 0.6) is 0 Å². The maximum atomic E-state index is 13.2. The highest BCUT2D eigenvalue weighted by Crippen LogP contribution is 2.22. The molecule has 22 heavy (non-hydrogen) atoms. The van der Waals surface area contributed by atoms with Gasteiger partial charge in [-0.1, -0.05) is 6.07 Å². The van der Waals surface area contributed by atoms with Crippen LogP contribution in [0.2, 0.25) is 0 Å². The third kappa shape index (κ3) is 4.39. The molecule has 0 aliphatic heterocycles. The standard InChI is InChI=1S/C16H19FN2O3/c1-11-14(10-15(20)18-7-4-8-21-2)19-16(22-11)12-5-3-6-13(17)9-12/h3,5-6,9H,4,7-8,10H2,1-2H3,(H,18,20). The van der Waals surface area contributed by atoms with Crippen LogP contribution in [0.25, 0.3) is 11.5 Å². The first-order chi connectivity index (χ1) is 10.6. The molecule has 6 heteroatoms. The first kappa shape index (κ1) is 16.2. The highest BCUT2D eigenvalue weighted by Gasteiger charge is 2.14. The van der Waals surface area contributed by atoms with Crippen molar-refractivity contribution < 1.29 is 18.3 Å². The van der Waals surface area contributed by atoms with E-state index in [0.29, 0.717) is 36.1 Å². The molecule has 0 unspecified atom stereocenters. The second-order valence-corrected chi connectivity index (χ2v) is 4.91. The fourth-order valence-corrected chi connectivity index (χ4v) is 2.00. The molecular weight excluding hydrogens is 287 g/mol. The second-order valence-electron chi connectivity index (χ2n) is 4.91. The van der Waals surface area contributed by atoms with Gasteiger partial charge < -0.3 is 14.5 Å². The van der Waals surface area contributed by atoms with Gasteiger partial charge in [0, 0.05) is 25.8 Å². The van der Waals surface area contributed by atoms with E-state index in [9.17, 15) is 9.18 Å². The Kier molecular flexibility index (Phi) is 5.66. The summed E-state index contributed by atoms with van der Waals surface area (Å²) in [7, 11) is 1.62. The molecule has 0 saturated heterocycles. The summed E-state index contributed by atoms with van der Waals surface area (Å²) in [4.78, 5) is 16.1. The van der Waals surface area contributed by atoms with E-state index in [1.165, 1.54) is 12.1 Å². The van der Waals surface area contributed by atoms with Crippen LogP contribution in [-0.4, -0.2) is 31.2 Å². The number of rotatable bonds is 7. The molecule has 1 heterocycles. The van der Waals surface area contributed by atoms with Crippen LogP contribution < -0.4 is 5.32 Å². The maximum absolute atomic E-state index is 13.2. The molecule has 0 aliphatic rings. The zero-order chi connectivity index (χ0) is 15.9. The van der Waals surface area contributed by atoms with E-state index in [0.717, 1.165) is 6.42 Å². The fraction of sp³-hybridized carbons (Fsp3) is 0.375. The number of methoxy groups -OCH3 is 1. The first-order valence-electron chi connectivity index (χ1n) is 7.08. The summed E-state index contributed by atoms with van der Waals surface area (Å²) >= 11 is 0. The van der Waals surface area contributed by atoms with Gasteiger partial charge in [0.2, 0.25) is 11.8 Å². The maximum Gasteiger partial charge on any atom is 0.226 e. The van der Waals surface area contributed by atoms with Gasteiger partial charge in [-0.05, 0) is 31.5 Å². The van der Waals surface area contributed by atoms with Crippen LogP contribution in [0.15, 0.2) is 28.7 Å². The molecule has 0 fully saturated rings. The first-order valence-corrected chi connectivity index (χ1v) is 7.08. The van der Waals surface area contributed by atoms with Gasteiger partial charge in [0.05, 0.1) is 12.1 Å². The van der Waals surface area contributed by atoms with E-state index >= 15 is 0 Å². The third-order valence-corrected chi connectivity index (χ3v) is 3.14. The number of ether oxygens (including phenoxy) is 1. The minimum Gasteiger partial charge on any atom is -0.441 e. The van der Waals surface area contributed by atoms with E-state index in [4.69, 9.17) is 9.15 Å². The number of oxazole rings is 1. The Balaban J connectivity index is 1.99. The Morgan fingerprint density at radius 1 is 1.45 bits per heavy atom. The Morgan fingerprint density at radius 3 is 3.00 bits per heavy atom. The molecule has 0 aliphatic carbocycles. The van der Waals surface area contributed by atoms with E-state index in [1.54, 1.807) is 26.2 Å². The molecule has 118 valence electrons. The summed E-state index contributed by atoms with van der Waals surface area (Å²) in [6.45, 7) is 2.90. The van der Waals surface area contributed by atoms with Crippen LogP contribution in [0, 0.1) is 12.7 Å². The number of amides is 1. The topological polar surface area (TPSA) is 64.4 Å². The van der Waals surface area contributed by atoms with Gasteiger partial charge in [-0.25, -0.2) is 9.37 Å². The van der Waals surface area contributed by atoms with E-state index < -0.39 is 0 Å². The molecule has 2 rings (SSSR count). The minimum absolute atomic E-state index is 0.127. The Morgan fingerprint density at radius 2 is 2.27 bits per heavy atom. The monoisotopic (exact) mass is 306 g/mol. The highest BCUT2D eigenvalue weighted by molar-refractivity contribution is 5.78. The molecule has 0 spiro atoms. The van der Waals surface area contributed by atoms with E-state index in [2.05, 4.69) is 10.3 Å². The predicted molar refractivity (Wildman–Crippen MR) is 79.8 cm³/mol. The van der Waals surface area contributed by atoms with Crippen molar-refractivity contribution in [2.75, 3.05) is 20.3 Å². The molecule has 1 aromatic carbocycles. The van der Waals surface area contributed by atoms with Gasteiger partial charge in [0.15, 0.2) is 0 Å². The van der Waals surface area contributed by atoms with Crippen molar-refractivity contribution in [1.82, 2.24) is 10.3 Å². The number of benzene rings is 1. The number of aryl methyl sites for hydroxylation is 1. The van der Waals surface area contributed by atoms with E-state index in [1.807, 2.05) is 0 Å². The average Bonchev–Trinajstić information content (AvgIpc) is 2.85.